The maximum Gasteiger partial charge on any atom is 0.322 e. The molecular formula is C26H24N4O6S. The van der Waals surface area contributed by atoms with Crippen LogP contribution in [0.25, 0.3) is 0 Å². The fraction of sp³-hybridized carbons (Fsp3) is 0.192. The minimum absolute atomic E-state index is 0.0941. The number of hydrogen-bond donors (Lipinski definition) is 1. The lowest BCUT2D eigenvalue weighted by atomic mass is 10.2. The van der Waals surface area contributed by atoms with E-state index in [2.05, 4.69) is 15.5 Å². The Morgan fingerprint density at radius 1 is 0.973 bits per heavy atom. The Hall–Kier alpha value is -4.22. The lowest BCUT2D eigenvalue weighted by Gasteiger charge is -2.23. The number of rotatable bonds is 8. The molecule has 2 heterocycles. The minimum Gasteiger partial charge on any atom is -0.485 e. The van der Waals surface area contributed by atoms with E-state index in [0.717, 1.165) is 5.56 Å². The number of carbonyl (C=O) groups is 1. The van der Waals surface area contributed by atoms with Gasteiger partial charge in [0.1, 0.15) is 6.61 Å². The van der Waals surface area contributed by atoms with Gasteiger partial charge in [0.25, 0.3) is 11.8 Å². The Morgan fingerprint density at radius 3 is 2.41 bits per heavy atom. The SMILES string of the molecule is CCN(Cc1ccccc1)S(=O)(=O)c1ccc(C(=O)Nc2nnc(C3COc4ccccc4O3)o2)cc1. The summed E-state index contributed by atoms with van der Waals surface area (Å²) in [6.07, 6.45) is -0.616. The highest BCUT2D eigenvalue weighted by atomic mass is 32.2. The fourth-order valence-electron chi connectivity index (χ4n) is 3.81. The van der Waals surface area contributed by atoms with E-state index in [1.807, 2.05) is 42.5 Å². The molecule has 1 aromatic heterocycles. The van der Waals surface area contributed by atoms with Gasteiger partial charge in [0.2, 0.25) is 16.1 Å². The number of carbonyl (C=O) groups excluding carboxylic acids is 1. The topological polar surface area (TPSA) is 124 Å². The highest BCUT2D eigenvalue weighted by Crippen LogP contribution is 2.35. The van der Waals surface area contributed by atoms with Crippen molar-refractivity contribution in [3.63, 3.8) is 0 Å². The largest absolute Gasteiger partial charge is 0.485 e. The molecule has 1 aliphatic heterocycles. The van der Waals surface area contributed by atoms with Gasteiger partial charge in [-0.1, -0.05) is 54.5 Å². The second kappa shape index (κ2) is 10.4. The molecule has 0 spiro atoms. The van der Waals surface area contributed by atoms with Crippen molar-refractivity contribution in [2.75, 3.05) is 18.5 Å². The summed E-state index contributed by atoms with van der Waals surface area (Å²) < 4.78 is 44.7. The van der Waals surface area contributed by atoms with E-state index in [0.29, 0.717) is 18.0 Å². The molecule has 10 nitrogen and oxygen atoms in total. The van der Waals surface area contributed by atoms with Crippen LogP contribution in [0, 0.1) is 0 Å². The second-order valence-electron chi connectivity index (χ2n) is 8.20. The molecule has 37 heavy (non-hydrogen) atoms. The number of benzene rings is 3. The zero-order valence-corrected chi connectivity index (χ0v) is 20.7. The summed E-state index contributed by atoms with van der Waals surface area (Å²) in [4.78, 5) is 12.8. The standard InChI is InChI=1S/C26H24N4O6S/c1-2-30(16-18-8-4-3-5-9-18)37(32,33)20-14-12-19(13-15-20)24(31)27-26-29-28-25(36-26)23-17-34-21-10-6-7-11-22(21)35-23/h3-15,23H,2,16-17H2,1H3,(H,27,29,31). The van der Waals surface area contributed by atoms with E-state index in [-0.39, 0.29) is 35.5 Å². The first-order valence-corrected chi connectivity index (χ1v) is 13.1. The smallest absolute Gasteiger partial charge is 0.322 e. The number of aromatic nitrogens is 2. The molecule has 1 aliphatic rings. The highest BCUT2D eigenvalue weighted by Gasteiger charge is 2.28. The van der Waals surface area contributed by atoms with E-state index < -0.39 is 22.0 Å². The number of nitrogens with one attached hydrogen (secondary N) is 1. The van der Waals surface area contributed by atoms with Crippen LogP contribution < -0.4 is 14.8 Å². The first-order valence-electron chi connectivity index (χ1n) is 11.6. The van der Waals surface area contributed by atoms with Crippen LogP contribution in [0.5, 0.6) is 11.5 Å². The van der Waals surface area contributed by atoms with E-state index in [1.165, 1.54) is 28.6 Å². The van der Waals surface area contributed by atoms with Crippen LogP contribution in [0.2, 0.25) is 0 Å². The van der Waals surface area contributed by atoms with Gasteiger partial charge in [-0.25, -0.2) is 8.42 Å². The Labute approximate surface area is 213 Å². The Bertz CT molecular complexity index is 1490. The maximum atomic E-state index is 13.1. The van der Waals surface area contributed by atoms with Gasteiger partial charge in [0.05, 0.1) is 4.90 Å². The number of anilines is 1. The number of fused-ring (bicyclic) bond motifs is 1. The van der Waals surface area contributed by atoms with Crippen molar-refractivity contribution in [3.8, 4) is 11.5 Å². The number of ether oxygens (including phenoxy) is 2. The maximum absolute atomic E-state index is 13.1. The summed E-state index contributed by atoms with van der Waals surface area (Å²) >= 11 is 0. The van der Waals surface area contributed by atoms with Crippen LogP contribution >= 0.6 is 0 Å². The van der Waals surface area contributed by atoms with Crippen LogP contribution in [0.15, 0.2) is 88.2 Å². The average Bonchev–Trinajstić information content (AvgIpc) is 3.40. The summed E-state index contributed by atoms with van der Waals surface area (Å²) in [7, 11) is -3.75. The molecular weight excluding hydrogens is 496 g/mol. The van der Waals surface area contributed by atoms with E-state index in [1.54, 1.807) is 19.1 Å². The van der Waals surface area contributed by atoms with Crippen LogP contribution in [0.4, 0.5) is 6.01 Å². The number of hydrogen-bond acceptors (Lipinski definition) is 8. The molecule has 1 atom stereocenters. The summed E-state index contributed by atoms with van der Waals surface area (Å²) in [5, 5.41) is 10.3. The van der Waals surface area contributed by atoms with Crippen molar-refractivity contribution >= 4 is 21.9 Å². The third kappa shape index (κ3) is 5.32. The number of nitrogens with zero attached hydrogens (tertiary/aromatic N) is 3. The molecule has 0 radical (unpaired) electrons. The van der Waals surface area contributed by atoms with Gasteiger partial charge in [-0.3, -0.25) is 10.1 Å². The van der Waals surface area contributed by atoms with Crippen LogP contribution in [0.3, 0.4) is 0 Å². The van der Waals surface area contributed by atoms with Crippen molar-refractivity contribution in [1.82, 2.24) is 14.5 Å². The Balaban J connectivity index is 1.24. The first-order chi connectivity index (χ1) is 17.9. The molecule has 1 N–H and O–H groups in total. The molecule has 0 saturated carbocycles. The van der Waals surface area contributed by atoms with E-state index in [9.17, 15) is 13.2 Å². The fourth-order valence-corrected chi connectivity index (χ4v) is 5.24. The zero-order chi connectivity index (χ0) is 25.8. The predicted molar refractivity (Wildman–Crippen MR) is 134 cm³/mol. The van der Waals surface area contributed by atoms with E-state index in [4.69, 9.17) is 13.9 Å². The molecule has 1 unspecified atom stereocenters. The van der Waals surface area contributed by atoms with Crippen molar-refractivity contribution in [2.45, 2.75) is 24.5 Å². The van der Waals surface area contributed by atoms with Crippen LogP contribution in [-0.4, -0.2) is 42.0 Å². The first kappa shape index (κ1) is 24.5. The minimum atomic E-state index is -3.75. The van der Waals surface area contributed by atoms with Crippen molar-refractivity contribution in [2.24, 2.45) is 0 Å². The Kier molecular flexibility index (Phi) is 6.89. The molecule has 0 saturated heterocycles. The second-order valence-corrected chi connectivity index (χ2v) is 10.1. The zero-order valence-electron chi connectivity index (χ0n) is 19.9. The molecule has 0 fully saturated rings. The summed E-state index contributed by atoms with van der Waals surface area (Å²) in [5.74, 6) is 0.814. The molecule has 5 rings (SSSR count). The van der Waals surface area contributed by atoms with Gasteiger partial charge < -0.3 is 13.9 Å². The lowest BCUT2D eigenvalue weighted by molar-refractivity contribution is 0.0716. The van der Waals surface area contributed by atoms with Gasteiger partial charge in [0, 0.05) is 18.7 Å². The quantitative estimate of drug-likeness (QED) is 0.369. The predicted octanol–water partition coefficient (Wildman–Crippen LogP) is 4.05. The van der Waals surface area contributed by atoms with Gasteiger partial charge >= 0.3 is 6.01 Å². The third-order valence-electron chi connectivity index (χ3n) is 5.75. The van der Waals surface area contributed by atoms with E-state index >= 15 is 0 Å². The average molecular weight is 521 g/mol. The van der Waals surface area contributed by atoms with Crippen molar-refractivity contribution < 1.29 is 27.1 Å². The molecule has 1 amide bonds. The summed E-state index contributed by atoms with van der Waals surface area (Å²) in [6.45, 7) is 2.52. The summed E-state index contributed by atoms with van der Waals surface area (Å²) in [6, 6.07) is 22.2. The molecule has 4 aromatic rings. The van der Waals surface area contributed by atoms with Gasteiger partial charge in [-0.05, 0) is 42.0 Å². The molecule has 3 aromatic carbocycles. The normalized spacial score (nSPS) is 14.9. The molecule has 11 heteroatoms. The monoisotopic (exact) mass is 520 g/mol. The highest BCUT2D eigenvalue weighted by molar-refractivity contribution is 7.89. The van der Waals surface area contributed by atoms with Gasteiger partial charge in [-0.15, -0.1) is 5.10 Å². The molecule has 0 aliphatic carbocycles. The number of sulfonamides is 1. The van der Waals surface area contributed by atoms with Crippen molar-refractivity contribution in [3.05, 3.63) is 95.9 Å². The third-order valence-corrected chi connectivity index (χ3v) is 7.69. The van der Waals surface area contributed by atoms with Crippen LogP contribution in [-0.2, 0) is 16.6 Å². The van der Waals surface area contributed by atoms with Gasteiger partial charge in [0.15, 0.2) is 11.5 Å². The molecule has 190 valence electrons. The van der Waals surface area contributed by atoms with Crippen molar-refractivity contribution in [1.29, 1.82) is 0 Å². The molecule has 0 bridgehead atoms. The summed E-state index contributed by atoms with van der Waals surface area (Å²) in [5.41, 5.74) is 1.12. The lowest BCUT2D eigenvalue weighted by Crippen LogP contribution is -2.30. The Morgan fingerprint density at radius 2 is 1.68 bits per heavy atom. The van der Waals surface area contributed by atoms with Crippen LogP contribution in [0.1, 0.15) is 34.8 Å². The van der Waals surface area contributed by atoms with Gasteiger partial charge in [-0.2, -0.15) is 4.31 Å². The number of para-hydroxylation sites is 2. The number of amides is 1.